The lowest BCUT2D eigenvalue weighted by Gasteiger charge is -2.18. The molecule has 0 bridgehead atoms. The Morgan fingerprint density at radius 3 is 3.07 bits per heavy atom. The molecule has 1 atom stereocenters. The number of carbonyl (C=O) groups excluding carboxylic acids is 1. The van der Waals surface area contributed by atoms with Gasteiger partial charge in [-0.1, -0.05) is 18.2 Å². The Morgan fingerprint density at radius 1 is 1.43 bits per heavy atom. The number of aliphatic imine (C=N–C) groups is 1. The van der Waals surface area contributed by atoms with Gasteiger partial charge in [-0.2, -0.15) is 0 Å². The van der Waals surface area contributed by atoms with E-state index in [0.29, 0.717) is 6.54 Å². The van der Waals surface area contributed by atoms with E-state index in [1.54, 1.807) is 0 Å². The molecule has 2 aliphatic rings. The number of nitrogens with one attached hydrogen (secondary N) is 1. The summed E-state index contributed by atoms with van der Waals surface area (Å²) in [7, 11) is 0. The average molecular weight is 188 g/mol. The highest BCUT2D eigenvalue weighted by Crippen LogP contribution is 2.40. The summed E-state index contributed by atoms with van der Waals surface area (Å²) in [6.45, 7) is 0.371. The van der Waals surface area contributed by atoms with Crippen molar-refractivity contribution in [3.63, 3.8) is 0 Å². The van der Waals surface area contributed by atoms with Gasteiger partial charge in [-0.25, -0.2) is 0 Å². The molecule has 0 fully saturated rings. The minimum absolute atomic E-state index is 0.129. The van der Waals surface area contributed by atoms with Gasteiger partial charge in [0.2, 0.25) is 5.60 Å². The Balaban J connectivity index is 2.19. The molecule has 4 nitrogen and oxygen atoms in total. The molecular weight excluding hydrogens is 180 g/mol. The van der Waals surface area contributed by atoms with Crippen LogP contribution in [0, 0.1) is 0 Å². The van der Waals surface area contributed by atoms with E-state index in [4.69, 9.17) is 4.74 Å². The van der Waals surface area contributed by atoms with Crippen LogP contribution in [0.25, 0.3) is 0 Å². The lowest BCUT2D eigenvalue weighted by atomic mass is 9.96. The molecule has 2 heterocycles. The van der Waals surface area contributed by atoms with Crippen LogP contribution in [0.3, 0.4) is 0 Å². The van der Waals surface area contributed by atoms with Crippen LogP contribution in [0.5, 0.6) is 0 Å². The fraction of sp³-hybridized carbons (Fsp3) is 0.200. The van der Waals surface area contributed by atoms with Crippen molar-refractivity contribution >= 4 is 18.0 Å². The van der Waals surface area contributed by atoms with Crippen molar-refractivity contribution < 1.29 is 9.53 Å². The number of hydrogen-bond acceptors (Lipinski definition) is 3. The topological polar surface area (TPSA) is 50.7 Å². The molecule has 2 aliphatic heterocycles. The number of hydrogen-bond donors (Lipinski definition) is 1. The molecular formula is C10H8N2O2. The smallest absolute Gasteiger partial charge is 0.275 e. The average Bonchev–Trinajstić information content (AvgIpc) is 2.77. The molecule has 14 heavy (non-hydrogen) atoms. The Morgan fingerprint density at radius 2 is 2.29 bits per heavy atom. The second-order valence-corrected chi connectivity index (χ2v) is 3.39. The zero-order chi connectivity index (χ0) is 9.60. The summed E-state index contributed by atoms with van der Waals surface area (Å²) in [5.74, 6) is -0.129. The van der Waals surface area contributed by atoms with Crippen LogP contribution >= 0.6 is 0 Å². The number of carbonyl (C=O) groups is 1. The summed E-state index contributed by atoms with van der Waals surface area (Å²) in [5, 5.41) is 2.79. The number of para-hydroxylation sites is 1. The summed E-state index contributed by atoms with van der Waals surface area (Å²) in [5.41, 5.74) is 0.807. The highest BCUT2D eigenvalue weighted by atomic mass is 16.5. The van der Waals surface area contributed by atoms with Gasteiger partial charge in [-0.05, 0) is 6.07 Å². The molecule has 4 heteroatoms. The van der Waals surface area contributed by atoms with Crippen molar-refractivity contribution in [3.8, 4) is 0 Å². The minimum atomic E-state index is -0.892. The van der Waals surface area contributed by atoms with Crippen LogP contribution in [0.1, 0.15) is 5.56 Å². The summed E-state index contributed by atoms with van der Waals surface area (Å²) in [4.78, 5) is 15.7. The van der Waals surface area contributed by atoms with Crippen molar-refractivity contribution in [2.75, 3.05) is 11.9 Å². The largest absolute Gasteiger partial charge is 0.460 e. The van der Waals surface area contributed by atoms with Gasteiger partial charge >= 0.3 is 0 Å². The molecule has 1 unspecified atom stereocenters. The lowest BCUT2D eigenvalue weighted by Crippen LogP contribution is -2.36. The molecule has 1 aromatic rings. The van der Waals surface area contributed by atoms with Gasteiger partial charge in [0.1, 0.15) is 0 Å². The third kappa shape index (κ3) is 0.731. The van der Waals surface area contributed by atoms with Gasteiger partial charge < -0.3 is 10.1 Å². The third-order valence-electron chi connectivity index (χ3n) is 2.62. The fourth-order valence-electron chi connectivity index (χ4n) is 1.89. The van der Waals surface area contributed by atoms with Crippen molar-refractivity contribution in [2.45, 2.75) is 5.60 Å². The lowest BCUT2D eigenvalue weighted by molar-refractivity contribution is -0.129. The van der Waals surface area contributed by atoms with Crippen LogP contribution in [0.15, 0.2) is 29.3 Å². The molecule has 1 amide bonds. The molecule has 3 rings (SSSR count). The summed E-state index contributed by atoms with van der Waals surface area (Å²) in [6.07, 6.45) is 1.35. The standard InChI is InChI=1S/C10H8N2O2/c13-9-10(5-11-6-14-10)7-3-1-2-4-8(7)12-9/h1-4,6H,5H2,(H,12,13). The van der Waals surface area contributed by atoms with Crippen LogP contribution < -0.4 is 5.32 Å². The van der Waals surface area contributed by atoms with E-state index in [-0.39, 0.29) is 5.91 Å². The van der Waals surface area contributed by atoms with Gasteiger partial charge in [0, 0.05) is 11.3 Å². The molecule has 70 valence electrons. The second kappa shape index (κ2) is 2.35. The number of nitrogens with zero attached hydrogens (tertiary/aromatic N) is 1. The molecule has 0 saturated heterocycles. The second-order valence-electron chi connectivity index (χ2n) is 3.39. The number of fused-ring (bicyclic) bond motifs is 2. The number of ether oxygens (including phenoxy) is 1. The zero-order valence-electron chi connectivity index (χ0n) is 7.36. The number of anilines is 1. The maximum Gasteiger partial charge on any atom is 0.275 e. The van der Waals surface area contributed by atoms with Gasteiger partial charge in [-0.3, -0.25) is 9.79 Å². The van der Waals surface area contributed by atoms with Crippen molar-refractivity contribution in [1.82, 2.24) is 0 Å². The Kier molecular flexibility index (Phi) is 1.27. The third-order valence-corrected chi connectivity index (χ3v) is 2.62. The van der Waals surface area contributed by atoms with E-state index >= 15 is 0 Å². The van der Waals surface area contributed by atoms with E-state index in [1.165, 1.54) is 6.40 Å². The van der Waals surface area contributed by atoms with Gasteiger partial charge in [0.15, 0.2) is 6.40 Å². The molecule has 1 N–H and O–H groups in total. The van der Waals surface area contributed by atoms with E-state index in [1.807, 2.05) is 24.3 Å². The maximum absolute atomic E-state index is 11.7. The first-order valence-corrected chi connectivity index (χ1v) is 4.40. The van der Waals surface area contributed by atoms with Crippen LogP contribution in [-0.2, 0) is 15.1 Å². The van der Waals surface area contributed by atoms with Crippen LogP contribution in [-0.4, -0.2) is 18.9 Å². The SMILES string of the molecule is O=C1Nc2ccccc2C12CN=CO2. The molecule has 1 aromatic carbocycles. The van der Waals surface area contributed by atoms with Gasteiger partial charge in [0.05, 0.1) is 6.54 Å². The van der Waals surface area contributed by atoms with Crippen molar-refractivity contribution in [1.29, 1.82) is 0 Å². The number of amides is 1. The summed E-state index contributed by atoms with van der Waals surface area (Å²) < 4.78 is 5.34. The maximum atomic E-state index is 11.7. The van der Waals surface area contributed by atoms with E-state index in [2.05, 4.69) is 10.3 Å². The highest BCUT2D eigenvalue weighted by Gasteiger charge is 2.50. The first kappa shape index (κ1) is 7.55. The van der Waals surface area contributed by atoms with Crippen LogP contribution in [0.4, 0.5) is 5.69 Å². The van der Waals surface area contributed by atoms with E-state index in [9.17, 15) is 4.79 Å². The first-order chi connectivity index (χ1) is 6.83. The zero-order valence-corrected chi connectivity index (χ0v) is 7.36. The summed E-state index contributed by atoms with van der Waals surface area (Å²) >= 11 is 0. The van der Waals surface area contributed by atoms with Gasteiger partial charge in [0.25, 0.3) is 5.91 Å². The van der Waals surface area contributed by atoms with E-state index in [0.717, 1.165) is 11.3 Å². The predicted molar refractivity (Wildman–Crippen MR) is 51.2 cm³/mol. The molecule has 1 spiro atoms. The molecule has 0 aromatic heterocycles. The Bertz CT molecular complexity index is 432. The monoisotopic (exact) mass is 188 g/mol. The van der Waals surface area contributed by atoms with Crippen LogP contribution in [0.2, 0.25) is 0 Å². The van der Waals surface area contributed by atoms with E-state index < -0.39 is 5.60 Å². The highest BCUT2D eigenvalue weighted by molar-refractivity contribution is 6.06. The molecule has 0 aliphatic carbocycles. The van der Waals surface area contributed by atoms with Gasteiger partial charge in [-0.15, -0.1) is 0 Å². The number of benzene rings is 1. The molecule has 0 saturated carbocycles. The number of rotatable bonds is 0. The normalized spacial score (nSPS) is 27.6. The Labute approximate surface area is 80.6 Å². The van der Waals surface area contributed by atoms with Crippen molar-refractivity contribution in [2.24, 2.45) is 4.99 Å². The quantitative estimate of drug-likeness (QED) is 0.657. The predicted octanol–water partition coefficient (Wildman–Crippen LogP) is 0.892. The molecule has 0 radical (unpaired) electrons. The first-order valence-electron chi connectivity index (χ1n) is 4.40. The Hall–Kier alpha value is -1.84. The summed E-state index contributed by atoms with van der Waals surface area (Å²) in [6, 6.07) is 7.53. The minimum Gasteiger partial charge on any atom is -0.460 e. The van der Waals surface area contributed by atoms with Crippen molar-refractivity contribution in [3.05, 3.63) is 29.8 Å². The fourth-order valence-corrected chi connectivity index (χ4v) is 1.89.